The highest BCUT2D eigenvalue weighted by atomic mass is 16.5. The van der Waals surface area contributed by atoms with Crippen LogP contribution in [0.3, 0.4) is 0 Å². The van der Waals surface area contributed by atoms with Gasteiger partial charge in [0.05, 0.1) is 6.61 Å². The second-order valence-electron chi connectivity index (χ2n) is 5.60. The van der Waals surface area contributed by atoms with Gasteiger partial charge in [0.15, 0.2) is 0 Å². The quantitative estimate of drug-likeness (QED) is 0.274. The minimum Gasteiger partial charge on any atom is -0.463 e. The molecule has 0 aromatic carbocycles. The molecule has 0 aliphatic rings. The van der Waals surface area contributed by atoms with E-state index in [1.54, 1.807) is 6.08 Å². The largest absolute Gasteiger partial charge is 0.463 e. The van der Waals surface area contributed by atoms with Crippen molar-refractivity contribution in [2.75, 3.05) is 6.61 Å². The van der Waals surface area contributed by atoms with Crippen LogP contribution in [0.1, 0.15) is 78.6 Å². The van der Waals surface area contributed by atoms with Crippen molar-refractivity contribution >= 4 is 5.97 Å². The number of esters is 1. The monoisotopic (exact) mass is 268 g/mol. The van der Waals surface area contributed by atoms with E-state index in [0.29, 0.717) is 6.61 Å². The van der Waals surface area contributed by atoms with E-state index in [1.165, 1.54) is 51.4 Å². The third kappa shape index (κ3) is 15.2. The average molecular weight is 268 g/mol. The van der Waals surface area contributed by atoms with Gasteiger partial charge in [0.1, 0.15) is 0 Å². The zero-order valence-corrected chi connectivity index (χ0v) is 13.1. The number of carbonyl (C=O) groups excluding carboxylic acids is 1. The first-order chi connectivity index (χ1) is 9.16. The lowest BCUT2D eigenvalue weighted by molar-refractivity contribution is -0.137. The standard InChI is InChI=1S/C17H32O2/c1-4-19-17(18)15-13-11-9-7-5-6-8-10-12-14-16(2)3/h13,15-16H,4-12,14H2,1-3H3. The summed E-state index contributed by atoms with van der Waals surface area (Å²) in [6.45, 7) is 6.88. The van der Waals surface area contributed by atoms with Crippen LogP contribution in [0, 0.1) is 5.92 Å². The van der Waals surface area contributed by atoms with Gasteiger partial charge in [0, 0.05) is 6.08 Å². The molecule has 0 aliphatic heterocycles. The fourth-order valence-corrected chi connectivity index (χ4v) is 2.07. The Morgan fingerprint density at radius 2 is 1.58 bits per heavy atom. The fraction of sp³-hybridized carbons (Fsp3) is 0.824. The summed E-state index contributed by atoms with van der Waals surface area (Å²) in [6.07, 6.45) is 15.2. The molecule has 19 heavy (non-hydrogen) atoms. The van der Waals surface area contributed by atoms with E-state index in [4.69, 9.17) is 4.74 Å². The predicted octanol–water partition coefficient (Wildman–Crippen LogP) is 5.27. The number of carbonyl (C=O) groups is 1. The van der Waals surface area contributed by atoms with Gasteiger partial charge in [-0.2, -0.15) is 0 Å². The molecule has 0 radical (unpaired) electrons. The molecule has 0 aromatic heterocycles. The van der Waals surface area contributed by atoms with E-state index in [2.05, 4.69) is 13.8 Å². The summed E-state index contributed by atoms with van der Waals surface area (Å²) >= 11 is 0. The van der Waals surface area contributed by atoms with Crippen LogP contribution in [0.4, 0.5) is 0 Å². The molecule has 2 heteroatoms. The summed E-state index contributed by atoms with van der Waals surface area (Å²) in [7, 11) is 0. The molecule has 0 fully saturated rings. The van der Waals surface area contributed by atoms with Crippen LogP contribution in [0.15, 0.2) is 12.2 Å². The summed E-state index contributed by atoms with van der Waals surface area (Å²) < 4.78 is 4.82. The smallest absolute Gasteiger partial charge is 0.330 e. The zero-order valence-electron chi connectivity index (χ0n) is 13.1. The molecule has 0 amide bonds. The summed E-state index contributed by atoms with van der Waals surface area (Å²) in [6, 6.07) is 0. The molecule has 0 saturated heterocycles. The number of hydrogen-bond donors (Lipinski definition) is 0. The van der Waals surface area contributed by atoms with E-state index in [0.717, 1.165) is 12.3 Å². The highest BCUT2D eigenvalue weighted by Crippen LogP contribution is 2.12. The molecule has 0 heterocycles. The summed E-state index contributed by atoms with van der Waals surface area (Å²) in [5.41, 5.74) is 0. The highest BCUT2D eigenvalue weighted by Gasteiger charge is 1.95. The van der Waals surface area contributed by atoms with Crippen LogP contribution in [-0.2, 0) is 9.53 Å². The van der Waals surface area contributed by atoms with Gasteiger partial charge in [0.25, 0.3) is 0 Å². The Bertz CT molecular complexity index is 231. The van der Waals surface area contributed by atoms with E-state index in [1.807, 2.05) is 13.0 Å². The van der Waals surface area contributed by atoms with E-state index < -0.39 is 0 Å². The fourth-order valence-electron chi connectivity index (χ4n) is 2.07. The number of rotatable bonds is 12. The first kappa shape index (κ1) is 18.2. The molecule has 0 unspecified atom stereocenters. The topological polar surface area (TPSA) is 26.3 Å². The molecule has 0 saturated carbocycles. The number of unbranched alkanes of at least 4 members (excludes halogenated alkanes) is 7. The first-order valence-electron chi connectivity index (χ1n) is 8.00. The molecule has 0 spiro atoms. The molecular weight excluding hydrogens is 236 g/mol. The maximum absolute atomic E-state index is 11.0. The maximum Gasteiger partial charge on any atom is 0.330 e. The van der Waals surface area contributed by atoms with Crippen molar-refractivity contribution in [1.82, 2.24) is 0 Å². The van der Waals surface area contributed by atoms with Gasteiger partial charge < -0.3 is 4.74 Å². The second kappa shape index (κ2) is 13.6. The van der Waals surface area contributed by atoms with E-state index in [9.17, 15) is 4.79 Å². The predicted molar refractivity (Wildman–Crippen MR) is 82.2 cm³/mol. The van der Waals surface area contributed by atoms with E-state index >= 15 is 0 Å². The molecule has 0 rings (SSSR count). The molecule has 0 bridgehead atoms. The normalized spacial score (nSPS) is 11.4. The third-order valence-corrected chi connectivity index (χ3v) is 3.19. The van der Waals surface area contributed by atoms with E-state index in [-0.39, 0.29) is 5.97 Å². The molecule has 2 nitrogen and oxygen atoms in total. The van der Waals surface area contributed by atoms with Crippen molar-refractivity contribution in [1.29, 1.82) is 0 Å². The van der Waals surface area contributed by atoms with Crippen molar-refractivity contribution in [2.24, 2.45) is 5.92 Å². The third-order valence-electron chi connectivity index (χ3n) is 3.19. The Morgan fingerprint density at radius 3 is 2.16 bits per heavy atom. The van der Waals surface area contributed by atoms with Crippen LogP contribution in [0.5, 0.6) is 0 Å². The summed E-state index contributed by atoms with van der Waals surface area (Å²) in [4.78, 5) is 11.0. The molecule has 0 N–H and O–H groups in total. The molecule has 0 aliphatic carbocycles. The molecular formula is C17H32O2. The lowest BCUT2D eigenvalue weighted by Gasteiger charge is -2.04. The zero-order chi connectivity index (χ0) is 14.3. The minimum atomic E-state index is -0.215. The molecule has 0 atom stereocenters. The van der Waals surface area contributed by atoms with Crippen LogP contribution in [-0.4, -0.2) is 12.6 Å². The number of hydrogen-bond acceptors (Lipinski definition) is 2. The summed E-state index contributed by atoms with van der Waals surface area (Å²) in [5.74, 6) is 0.638. The van der Waals surface area contributed by atoms with Gasteiger partial charge in [-0.25, -0.2) is 4.79 Å². The number of ether oxygens (including phenoxy) is 1. The van der Waals surface area contributed by atoms with Crippen molar-refractivity contribution in [2.45, 2.75) is 78.6 Å². The van der Waals surface area contributed by atoms with Crippen LogP contribution < -0.4 is 0 Å². The van der Waals surface area contributed by atoms with Crippen molar-refractivity contribution in [3.05, 3.63) is 12.2 Å². The lowest BCUT2D eigenvalue weighted by atomic mass is 10.0. The van der Waals surface area contributed by atoms with Crippen LogP contribution >= 0.6 is 0 Å². The van der Waals surface area contributed by atoms with Gasteiger partial charge in [-0.3, -0.25) is 0 Å². The Balaban J connectivity index is 3.16. The SMILES string of the molecule is CCOC(=O)C=CCCCCCCCCCC(C)C. The van der Waals surface area contributed by atoms with Gasteiger partial charge in [-0.1, -0.05) is 64.9 Å². The van der Waals surface area contributed by atoms with Gasteiger partial charge in [-0.15, -0.1) is 0 Å². The van der Waals surface area contributed by atoms with Gasteiger partial charge >= 0.3 is 5.97 Å². The second-order valence-corrected chi connectivity index (χ2v) is 5.60. The van der Waals surface area contributed by atoms with Gasteiger partial charge in [0.2, 0.25) is 0 Å². The summed E-state index contributed by atoms with van der Waals surface area (Å²) in [5, 5.41) is 0. The molecule has 0 aromatic rings. The lowest BCUT2D eigenvalue weighted by Crippen LogP contribution is -1.98. The van der Waals surface area contributed by atoms with Crippen molar-refractivity contribution in [3.8, 4) is 0 Å². The van der Waals surface area contributed by atoms with Crippen LogP contribution in [0.25, 0.3) is 0 Å². The highest BCUT2D eigenvalue weighted by molar-refractivity contribution is 5.81. The first-order valence-corrected chi connectivity index (χ1v) is 8.00. The Morgan fingerprint density at radius 1 is 1.00 bits per heavy atom. The minimum absolute atomic E-state index is 0.215. The van der Waals surface area contributed by atoms with Crippen molar-refractivity contribution < 1.29 is 9.53 Å². The Hall–Kier alpha value is -0.790. The maximum atomic E-state index is 11.0. The Labute approximate surface area is 119 Å². The van der Waals surface area contributed by atoms with Crippen LogP contribution in [0.2, 0.25) is 0 Å². The van der Waals surface area contributed by atoms with Crippen molar-refractivity contribution in [3.63, 3.8) is 0 Å². The molecule has 112 valence electrons. The Kier molecular flexibility index (Phi) is 13.1. The average Bonchev–Trinajstić information content (AvgIpc) is 2.36. The van der Waals surface area contributed by atoms with Gasteiger partial charge in [-0.05, 0) is 25.7 Å². The number of allylic oxidation sites excluding steroid dienone is 1.